The van der Waals surface area contributed by atoms with Crippen molar-refractivity contribution in [3.05, 3.63) is 58.0 Å². The second kappa shape index (κ2) is 6.31. The van der Waals surface area contributed by atoms with E-state index < -0.39 is 0 Å². The summed E-state index contributed by atoms with van der Waals surface area (Å²) in [4.78, 5) is 0. The largest absolute Gasteiger partial charge is 0.207 e. The van der Waals surface area contributed by atoms with Crippen LogP contribution in [0.1, 0.15) is 23.5 Å². The molecule has 90 valence electrons. The number of benzene rings is 1. The third kappa shape index (κ3) is 3.39. The van der Waals surface area contributed by atoms with Crippen LogP contribution in [-0.2, 0) is 6.42 Å². The van der Waals surface area contributed by atoms with Crippen LogP contribution in [0.5, 0.6) is 0 Å². The first-order chi connectivity index (χ1) is 8.31. The Morgan fingerprint density at radius 2 is 2.06 bits per heavy atom. The van der Waals surface area contributed by atoms with Crippen LogP contribution in [0.3, 0.4) is 0 Å². The van der Waals surface area contributed by atoms with Gasteiger partial charge in [0, 0.05) is 5.33 Å². The van der Waals surface area contributed by atoms with Gasteiger partial charge in [-0.25, -0.2) is 4.39 Å². The molecule has 1 aromatic carbocycles. The van der Waals surface area contributed by atoms with Crippen molar-refractivity contribution in [1.29, 1.82) is 0 Å². The lowest BCUT2D eigenvalue weighted by atomic mass is 9.94. The van der Waals surface area contributed by atoms with E-state index in [9.17, 15) is 4.39 Å². The topological polar surface area (TPSA) is 0 Å². The van der Waals surface area contributed by atoms with Gasteiger partial charge in [-0.15, -0.1) is 0 Å². The van der Waals surface area contributed by atoms with Crippen molar-refractivity contribution in [3.8, 4) is 0 Å². The Balaban J connectivity index is 2.04. The third-order valence-corrected chi connectivity index (χ3v) is 4.41. The molecular formula is C14H14BrFS. The average molecular weight is 313 g/mol. The average Bonchev–Trinajstić information content (AvgIpc) is 2.85. The molecule has 2 aromatic rings. The number of aryl methyl sites for hydroxylation is 1. The lowest BCUT2D eigenvalue weighted by molar-refractivity contribution is 0.578. The van der Waals surface area contributed by atoms with E-state index in [1.807, 2.05) is 12.1 Å². The van der Waals surface area contributed by atoms with Crippen molar-refractivity contribution in [3.63, 3.8) is 0 Å². The molecule has 0 saturated carbocycles. The lowest BCUT2D eigenvalue weighted by Gasteiger charge is -2.14. The van der Waals surface area contributed by atoms with E-state index in [0.29, 0.717) is 0 Å². The molecule has 0 aliphatic carbocycles. The molecule has 2 rings (SSSR count). The van der Waals surface area contributed by atoms with Crippen LogP contribution in [0.4, 0.5) is 4.39 Å². The molecule has 0 radical (unpaired) electrons. The molecule has 3 heteroatoms. The molecule has 1 atom stereocenters. The van der Waals surface area contributed by atoms with Gasteiger partial charge in [-0.2, -0.15) is 11.3 Å². The Bertz CT molecular complexity index is 453. The molecule has 0 fully saturated rings. The van der Waals surface area contributed by atoms with E-state index >= 15 is 0 Å². The van der Waals surface area contributed by atoms with Crippen molar-refractivity contribution in [2.24, 2.45) is 0 Å². The Kier molecular flexibility index (Phi) is 4.75. The predicted molar refractivity (Wildman–Crippen MR) is 75.6 cm³/mol. The smallest absolute Gasteiger partial charge is 0.126 e. The maximum atomic E-state index is 13.7. The van der Waals surface area contributed by atoms with Crippen molar-refractivity contribution in [2.45, 2.75) is 18.8 Å². The molecule has 1 unspecified atom stereocenters. The summed E-state index contributed by atoms with van der Waals surface area (Å²) >= 11 is 5.20. The molecule has 0 aliphatic rings. The van der Waals surface area contributed by atoms with E-state index in [0.717, 1.165) is 23.7 Å². The molecule has 0 nitrogen and oxygen atoms in total. The second-order valence-corrected chi connectivity index (χ2v) is 5.47. The quantitative estimate of drug-likeness (QED) is 0.682. The standard InChI is InChI=1S/C14H14BrFS/c15-9-12(6-5-11-7-8-17-10-11)13-3-1-2-4-14(13)16/h1-4,7-8,10,12H,5-6,9H2. The Morgan fingerprint density at radius 3 is 2.71 bits per heavy atom. The molecular weight excluding hydrogens is 299 g/mol. The molecule has 0 aliphatic heterocycles. The van der Waals surface area contributed by atoms with Gasteiger partial charge < -0.3 is 0 Å². The van der Waals surface area contributed by atoms with Gasteiger partial charge in [-0.3, -0.25) is 0 Å². The van der Waals surface area contributed by atoms with Gasteiger partial charge >= 0.3 is 0 Å². The molecule has 0 saturated heterocycles. The first-order valence-corrected chi connectivity index (χ1v) is 7.69. The van der Waals surface area contributed by atoms with Gasteiger partial charge in [-0.05, 0) is 52.8 Å². The van der Waals surface area contributed by atoms with Crippen LogP contribution in [0.15, 0.2) is 41.1 Å². The highest BCUT2D eigenvalue weighted by molar-refractivity contribution is 9.09. The van der Waals surface area contributed by atoms with Crippen LogP contribution in [0.25, 0.3) is 0 Å². The minimum absolute atomic E-state index is 0.0951. The van der Waals surface area contributed by atoms with Crippen LogP contribution >= 0.6 is 27.3 Å². The summed E-state index contributed by atoms with van der Waals surface area (Å²) in [6, 6.07) is 9.20. The molecule has 0 spiro atoms. The van der Waals surface area contributed by atoms with Crippen molar-refractivity contribution in [2.75, 3.05) is 5.33 Å². The van der Waals surface area contributed by atoms with E-state index in [1.165, 1.54) is 11.6 Å². The Hall–Kier alpha value is -0.670. The Morgan fingerprint density at radius 1 is 1.24 bits per heavy atom. The number of thiophene rings is 1. The zero-order chi connectivity index (χ0) is 12.1. The summed E-state index contributed by atoms with van der Waals surface area (Å²) in [5.41, 5.74) is 2.16. The number of alkyl halides is 1. The van der Waals surface area contributed by atoms with Gasteiger partial charge in [0.1, 0.15) is 5.82 Å². The normalized spacial score (nSPS) is 12.6. The summed E-state index contributed by atoms with van der Waals surface area (Å²) in [5.74, 6) is 0.151. The fourth-order valence-corrected chi connectivity index (χ4v) is 3.27. The van der Waals surface area contributed by atoms with Gasteiger partial charge in [0.15, 0.2) is 0 Å². The maximum Gasteiger partial charge on any atom is 0.126 e. The van der Waals surface area contributed by atoms with E-state index in [1.54, 1.807) is 17.4 Å². The summed E-state index contributed by atoms with van der Waals surface area (Å²) in [6.45, 7) is 0. The monoisotopic (exact) mass is 312 g/mol. The van der Waals surface area contributed by atoms with Crippen molar-refractivity contribution in [1.82, 2.24) is 0 Å². The number of hydrogen-bond donors (Lipinski definition) is 0. The van der Waals surface area contributed by atoms with E-state index in [2.05, 4.69) is 32.8 Å². The number of hydrogen-bond acceptors (Lipinski definition) is 1. The zero-order valence-corrected chi connectivity index (χ0v) is 11.8. The Labute approximate surface area is 114 Å². The zero-order valence-electron chi connectivity index (χ0n) is 9.40. The molecule has 0 bridgehead atoms. The highest BCUT2D eigenvalue weighted by atomic mass is 79.9. The van der Waals surface area contributed by atoms with Gasteiger partial charge in [0.25, 0.3) is 0 Å². The predicted octanol–water partition coefficient (Wildman–Crippen LogP) is 5.00. The highest BCUT2D eigenvalue weighted by Gasteiger charge is 2.14. The SMILES string of the molecule is Fc1ccccc1C(CBr)CCc1ccsc1. The summed E-state index contributed by atoms with van der Waals surface area (Å²) in [7, 11) is 0. The minimum atomic E-state index is -0.0951. The first kappa shape index (κ1) is 12.8. The fraction of sp³-hybridized carbons (Fsp3) is 0.286. The van der Waals surface area contributed by atoms with Crippen LogP contribution in [0.2, 0.25) is 0 Å². The van der Waals surface area contributed by atoms with Crippen LogP contribution < -0.4 is 0 Å². The molecule has 1 heterocycles. The van der Waals surface area contributed by atoms with Crippen LogP contribution in [-0.4, -0.2) is 5.33 Å². The first-order valence-electron chi connectivity index (χ1n) is 5.62. The highest BCUT2D eigenvalue weighted by Crippen LogP contribution is 2.26. The fourth-order valence-electron chi connectivity index (χ4n) is 1.90. The van der Waals surface area contributed by atoms with Gasteiger partial charge in [-0.1, -0.05) is 34.1 Å². The van der Waals surface area contributed by atoms with Gasteiger partial charge in [0.2, 0.25) is 0 Å². The van der Waals surface area contributed by atoms with E-state index in [-0.39, 0.29) is 11.7 Å². The molecule has 1 aromatic heterocycles. The minimum Gasteiger partial charge on any atom is -0.207 e. The molecule has 0 N–H and O–H groups in total. The second-order valence-electron chi connectivity index (χ2n) is 4.04. The van der Waals surface area contributed by atoms with Crippen molar-refractivity contribution >= 4 is 27.3 Å². The number of halogens is 2. The molecule has 0 amide bonds. The summed E-state index contributed by atoms with van der Waals surface area (Å²) in [6.07, 6.45) is 1.98. The van der Waals surface area contributed by atoms with Gasteiger partial charge in [0.05, 0.1) is 0 Å². The molecule has 17 heavy (non-hydrogen) atoms. The maximum absolute atomic E-state index is 13.7. The van der Waals surface area contributed by atoms with Crippen LogP contribution in [0, 0.1) is 5.82 Å². The number of rotatable bonds is 5. The van der Waals surface area contributed by atoms with Crippen molar-refractivity contribution < 1.29 is 4.39 Å². The summed E-state index contributed by atoms with van der Waals surface area (Å²) in [5, 5.41) is 5.05. The third-order valence-electron chi connectivity index (χ3n) is 2.89. The summed E-state index contributed by atoms with van der Waals surface area (Å²) < 4.78 is 13.7. The van der Waals surface area contributed by atoms with E-state index in [4.69, 9.17) is 0 Å². The lowest BCUT2D eigenvalue weighted by Crippen LogP contribution is -2.04.